The Morgan fingerprint density at radius 3 is 2.71 bits per heavy atom. The van der Waals surface area contributed by atoms with Crippen molar-refractivity contribution in [3.63, 3.8) is 0 Å². The maximum absolute atomic E-state index is 12.4. The molecular weight excluding hydrogens is 307 g/mol. The lowest BCUT2D eigenvalue weighted by molar-refractivity contribution is -0.136. The van der Waals surface area contributed by atoms with Gasteiger partial charge in [-0.1, -0.05) is 0 Å². The molecule has 0 aliphatic heterocycles. The van der Waals surface area contributed by atoms with Crippen LogP contribution in [0.3, 0.4) is 0 Å². The van der Waals surface area contributed by atoms with Gasteiger partial charge in [0, 0.05) is 5.56 Å². The number of aliphatic carboxylic acids is 1. The lowest BCUT2D eigenvalue weighted by Crippen LogP contribution is -2.07. The third kappa shape index (κ3) is 2.86. The highest BCUT2D eigenvalue weighted by Gasteiger charge is 2.16. The largest absolute Gasteiger partial charge is 0.481 e. The maximum Gasteiger partial charge on any atom is 0.309 e. The fraction of sp³-hybridized carbons (Fsp3) is 0.250. The summed E-state index contributed by atoms with van der Waals surface area (Å²) in [5.74, 6) is -1.17. The summed E-state index contributed by atoms with van der Waals surface area (Å²) in [4.78, 5) is 14.1. The molecule has 0 radical (unpaired) electrons. The van der Waals surface area contributed by atoms with Crippen LogP contribution in [-0.4, -0.2) is 16.1 Å². The van der Waals surface area contributed by atoms with Gasteiger partial charge in [0.15, 0.2) is 0 Å². The first-order valence-electron chi connectivity index (χ1n) is 3.66. The van der Waals surface area contributed by atoms with Crippen molar-refractivity contribution in [1.82, 2.24) is 4.98 Å². The number of rotatable bonds is 3. The third-order valence-electron chi connectivity index (χ3n) is 1.53. The second-order valence-corrected chi connectivity index (χ2v) is 3.65. The smallest absolute Gasteiger partial charge is 0.309 e. The molecule has 0 aliphatic rings. The van der Waals surface area contributed by atoms with E-state index in [0.717, 1.165) is 0 Å². The molecule has 1 heterocycles. The molecule has 0 aromatic carbocycles. The number of carboxylic acid groups (broad SMARTS) is 1. The van der Waals surface area contributed by atoms with Crippen LogP contribution in [-0.2, 0) is 11.2 Å². The summed E-state index contributed by atoms with van der Waals surface area (Å²) in [5, 5.41) is 8.48. The lowest BCUT2D eigenvalue weighted by atomic mass is 10.1. The molecule has 0 fully saturated rings. The second-order valence-electron chi connectivity index (χ2n) is 2.54. The molecule has 1 N–H and O–H groups in total. The summed E-state index contributed by atoms with van der Waals surface area (Å²) in [7, 11) is 0. The molecular formula is C8H6F2INO2. The van der Waals surface area contributed by atoms with E-state index in [9.17, 15) is 13.6 Å². The van der Waals surface area contributed by atoms with Crippen LogP contribution in [0.15, 0.2) is 12.1 Å². The van der Waals surface area contributed by atoms with Crippen molar-refractivity contribution in [2.24, 2.45) is 0 Å². The Balaban J connectivity index is 3.09. The Morgan fingerprint density at radius 1 is 1.57 bits per heavy atom. The highest BCUT2D eigenvalue weighted by molar-refractivity contribution is 14.1. The molecule has 0 bridgehead atoms. The van der Waals surface area contributed by atoms with Crippen LogP contribution in [0.2, 0.25) is 0 Å². The van der Waals surface area contributed by atoms with E-state index >= 15 is 0 Å². The van der Waals surface area contributed by atoms with Crippen molar-refractivity contribution in [2.45, 2.75) is 12.8 Å². The molecule has 1 rings (SSSR count). The average Bonchev–Trinajstić information content (AvgIpc) is 2.01. The van der Waals surface area contributed by atoms with E-state index in [4.69, 9.17) is 5.11 Å². The average molecular weight is 313 g/mol. The van der Waals surface area contributed by atoms with Gasteiger partial charge < -0.3 is 5.11 Å². The molecule has 76 valence electrons. The summed E-state index contributed by atoms with van der Waals surface area (Å²) < 4.78 is 25.3. The Kier molecular flexibility index (Phi) is 3.73. The predicted molar refractivity (Wildman–Crippen MR) is 53.3 cm³/mol. The van der Waals surface area contributed by atoms with E-state index in [-0.39, 0.29) is 11.3 Å². The van der Waals surface area contributed by atoms with Gasteiger partial charge in [0.2, 0.25) is 0 Å². The quantitative estimate of drug-likeness (QED) is 0.688. The Hall–Kier alpha value is -0.790. The number of carboxylic acids is 1. The van der Waals surface area contributed by atoms with Crippen LogP contribution in [0.4, 0.5) is 8.78 Å². The molecule has 1 aromatic rings. The van der Waals surface area contributed by atoms with E-state index in [1.54, 1.807) is 0 Å². The van der Waals surface area contributed by atoms with Crippen molar-refractivity contribution in [3.8, 4) is 0 Å². The SMILES string of the molecule is O=C(O)Cc1nc(I)ccc1C(F)F. The fourth-order valence-corrected chi connectivity index (χ4v) is 1.44. The molecule has 6 heteroatoms. The van der Waals surface area contributed by atoms with Crippen LogP contribution >= 0.6 is 22.6 Å². The molecule has 0 spiro atoms. The lowest BCUT2D eigenvalue weighted by Gasteiger charge is -2.05. The van der Waals surface area contributed by atoms with E-state index in [1.165, 1.54) is 12.1 Å². The maximum atomic E-state index is 12.4. The number of hydrogen-bond acceptors (Lipinski definition) is 2. The molecule has 0 saturated carbocycles. The Bertz CT molecular complexity index is 357. The van der Waals surface area contributed by atoms with Crippen molar-refractivity contribution >= 4 is 28.6 Å². The summed E-state index contributed by atoms with van der Waals surface area (Å²) in [5.41, 5.74) is -0.382. The highest BCUT2D eigenvalue weighted by Crippen LogP contribution is 2.22. The van der Waals surface area contributed by atoms with Gasteiger partial charge in [-0.25, -0.2) is 13.8 Å². The standard InChI is InChI=1S/C8H6F2INO2/c9-8(10)4-1-2-6(11)12-5(4)3-7(13)14/h1-2,8H,3H2,(H,13,14). The molecule has 0 saturated heterocycles. The minimum Gasteiger partial charge on any atom is -0.481 e. The zero-order valence-electron chi connectivity index (χ0n) is 6.88. The number of alkyl halides is 2. The van der Waals surface area contributed by atoms with Crippen molar-refractivity contribution in [1.29, 1.82) is 0 Å². The summed E-state index contributed by atoms with van der Waals surface area (Å²) in [6, 6.07) is 2.63. The predicted octanol–water partition coefficient (Wildman–Crippen LogP) is 2.25. The van der Waals surface area contributed by atoms with Crippen molar-refractivity contribution in [3.05, 3.63) is 27.1 Å². The number of carbonyl (C=O) groups is 1. The molecule has 0 amide bonds. The summed E-state index contributed by atoms with van der Waals surface area (Å²) in [6.45, 7) is 0. The van der Waals surface area contributed by atoms with Gasteiger partial charge in [0.1, 0.15) is 3.70 Å². The first-order chi connectivity index (χ1) is 6.50. The topological polar surface area (TPSA) is 50.2 Å². The van der Waals surface area contributed by atoms with Crippen LogP contribution in [0.25, 0.3) is 0 Å². The van der Waals surface area contributed by atoms with E-state index < -0.39 is 18.8 Å². The highest BCUT2D eigenvalue weighted by atomic mass is 127. The Morgan fingerprint density at radius 2 is 2.21 bits per heavy atom. The van der Waals surface area contributed by atoms with Crippen LogP contribution < -0.4 is 0 Å². The second kappa shape index (κ2) is 4.63. The zero-order valence-corrected chi connectivity index (χ0v) is 9.03. The van der Waals surface area contributed by atoms with E-state index in [1.807, 2.05) is 22.6 Å². The van der Waals surface area contributed by atoms with Gasteiger partial charge in [-0.15, -0.1) is 0 Å². The minimum atomic E-state index is -2.69. The van der Waals surface area contributed by atoms with Crippen LogP contribution in [0.1, 0.15) is 17.7 Å². The van der Waals surface area contributed by atoms with E-state index in [0.29, 0.717) is 3.70 Å². The van der Waals surface area contributed by atoms with Crippen molar-refractivity contribution < 1.29 is 18.7 Å². The Labute approximate surface area is 92.3 Å². The molecule has 1 aromatic heterocycles. The summed E-state index contributed by atoms with van der Waals surface area (Å²) >= 11 is 1.84. The van der Waals surface area contributed by atoms with E-state index in [2.05, 4.69) is 4.98 Å². The zero-order chi connectivity index (χ0) is 10.7. The third-order valence-corrected chi connectivity index (χ3v) is 2.13. The first kappa shape index (κ1) is 11.3. The van der Waals surface area contributed by atoms with Gasteiger partial charge in [0.05, 0.1) is 12.1 Å². The normalized spacial score (nSPS) is 10.6. The number of aromatic nitrogens is 1. The number of nitrogens with zero attached hydrogens (tertiary/aromatic N) is 1. The van der Waals surface area contributed by atoms with Gasteiger partial charge in [-0.2, -0.15) is 0 Å². The van der Waals surface area contributed by atoms with Gasteiger partial charge in [0.25, 0.3) is 6.43 Å². The molecule has 0 aliphatic carbocycles. The molecule has 0 unspecified atom stereocenters. The van der Waals surface area contributed by atoms with Gasteiger partial charge in [-0.3, -0.25) is 4.79 Å². The molecule has 3 nitrogen and oxygen atoms in total. The first-order valence-corrected chi connectivity index (χ1v) is 4.74. The number of pyridine rings is 1. The van der Waals surface area contributed by atoms with Gasteiger partial charge >= 0.3 is 5.97 Å². The molecule has 0 atom stereocenters. The van der Waals surface area contributed by atoms with Crippen LogP contribution in [0, 0.1) is 3.70 Å². The monoisotopic (exact) mass is 313 g/mol. The minimum absolute atomic E-state index is 0.0700. The van der Waals surface area contributed by atoms with Crippen LogP contribution in [0.5, 0.6) is 0 Å². The summed E-state index contributed by atoms with van der Waals surface area (Å²) in [6.07, 6.45) is -3.16. The van der Waals surface area contributed by atoms with Gasteiger partial charge in [-0.05, 0) is 34.7 Å². The fourth-order valence-electron chi connectivity index (χ4n) is 0.969. The number of hydrogen-bond donors (Lipinski definition) is 1. The number of halogens is 3. The van der Waals surface area contributed by atoms with Crippen molar-refractivity contribution in [2.75, 3.05) is 0 Å². The molecule has 14 heavy (non-hydrogen) atoms.